The molecule has 1 rings (SSSR count). The van der Waals surface area contributed by atoms with Crippen molar-refractivity contribution in [1.82, 2.24) is 10.2 Å². The smallest absolute Gasteiger partial charge is 0.224 e. The molecule has 0 aromatic rings. The van der Waals surface area contributed by atoms with Crippen molar-refractivity contribution in [2.24, 2.45) is 0 Å². The Morgan fingerprint density at radius 2 is 2.12 bits per heavy atom. The largest absolute Gasteiger partial charge is 0.380 e. The van der Waals surface area contributed by atoms with Crippen LogP contribution in [0, 0.1) is 0 Å². The molecule has 1 heterocycles. The maximum Gasteiger partial charge on any atom is 0.224 e. The molecular weight excluding hydrogens is 208 g/mol. The van der Waals surface area contributed by atoms with Crippen LogP contribution in [0.4, 0.5) is 0 Å². The van der Waals surface area contributed by atoms with E-state index in [9.17, 15) is 4.79 Å². The Morgan fingerprint density at radius 1 is 1.38 bits per heavy atom. The molecular formula is C11H22N2O3. The van der Waals surface area contributed by atoms with Crippen LogP contribution in [0.2, 0.25) is 0 Å². The second-order valence-electron chi connectivity index (χ2n) is 3.69. The van der Waals surface area contributed by atoms with Crippen LogP contribution in [0.15, 0.2) is 0 Å². The highest BCUT2D eigenvalue weighted by Gasteiger charge is 2.15. The van der Waals surface area contributed by atoms with E-state index >= 15 is 0 Å². The van der Waals surface area contributed by atoms with Crippen LogP contribution in [0.5, 0.6) is 0 Å². The lowest BCUT2D eigenvalue weighted by Crippen LogP contribution is -2.41. The minimum absolute atomic E-state index is 0.215. The number of nitrogens with one attached hydrogen (secondary N) is 1. The highest BCUT2D eigenvalue weighted by molar-refractivity contribution is 5.76. The number of carbonyl (C=O) groups excluding carboxylic acids is 1. The van der Waals surface area contributed by atoms with Gasteiger partial charge in [0.1, 0.15) is 0 Å². The molecule has 16 heavy (non-hydrogen) atoms. The van der Waals surface area contributed by atoms with E-state index in [1.807, 2.05) is 11.8 Å². The van der Waals surface area contributed by atoms with Gasteiger partial charge in [-0.15, -0.1) is 0 Å². The van der Waals surface area contributed by atoms with Gasteiger partial charge in [0.05, 0.1) is 19.8 Å². The lowest BCUT2D eigenvalue weighted by Gasteiger charge is -2.26. The molecule has 94 valence electrons. The Morgan fingerprint density at radius 3 is 2.81 bits per heavy atom. The molecule has 1 fully saturated rings. The van der Waals surface area contributed by atoms with E-state index in [1.165, 1.54) is 0 Å². The van der Waals surface area contributed by atoms with Crippen LogP contribution in [0.1, 0.15) is 13.3 Å². The number of amides is 1. The van der Waals surface area contributed by atoms with Gasteiger partial charge in [-0.3, -0.25) is 4.79 Å². The topological polar surface area (TPSA) is 50.8 Å². The van der Waals surface area contributed by atoms with Gasteiger partial charge in [0.15, 0.2) is 0 Å². The summed E-state index contributed by atoms with van der Waals surface area (Å²) in [5, 5.41) is 3.19. The maximum atomic E-state index is 11.7. The first-order valence-electron chi connectivity index (χ1n) is 5.98. The van der Waals surface area contributed by atoms with Crippen molar-refractivity contribution in [1.29, 1.82) is 0 Å². The fourth-order valence-electron chi connectivity index (χ4n) is 1.58. The molecule has 0 aromatic carbocycles. The molecule has 0 spiro atoms. The fraction of sp³-hybridized carbons (Fsp3) is 0.909. The van der Waals surface area contributed by atoms with Gasteiger partial charge in [-0.1, -0.05) is 0 Å². The molecule has 0 aromatic heterocycles. The van der Waals surface area contributed by atoms with Gasteiger partial charge in [0, 0.05) is 39.2 Å². The summed E-state index contributed by atoms with van der Waals surface area (Å²) in [6.07, 6.45) is 0.562. The normalized spacial score (nSPS) is 16.4. The molecule has 5 heteroatoms. The Balaban J connectivity index is 1.97. The van der Waals surface area contributed by atoms with E-state index in [-0.39, 0.29) is 5.91 Å². The zero-order valence-corrected chi connectivity index (χ0v) is 10.0. The Kier molecular flexibility index (Phi) is 7.12. The zero-order chi connectivity index (χ0) is 11.6. The van der Waals surface area contributed by atoms with E-state index in [2.05, 4.69) is 5.32 Å². The van der Waals surface area contributed by atoms with Crippen molar-refractivity contribution in [2.45, 2.75) is 13.3 Å². The number of rotatable bonds is 7. The van der Waals surface area contributed by atoms with Crippen molar-refractivity contribution in [2.75, 3.05) is 52.6 Å². The van der Waals surface area contributed by atoms with Crippen molar-refractivity contribution in [3.8, 4) is 0 Å². The third kappa shape index (κ3) is 5.44. The van der Waals surface area contributed by atoms with Crippen LogP contribution >= 0.6 is 0 Å². The third-order valence-corrected chi connectivity index (χ3v) is 2.51. The van der Waals surface area contributed by atoms with E-state index in [0.29, 0.717) is 26.2 Å². The first kappa shape index (κ1) is 13.4. The van der Waals surface area contributed by atoms with Gasteiger partial charge in [0.25, 0.3) is 0 Å². The highest BCUT2D eigenvalue weighted by Crippen LogP contribution is 1.99. The summed E-state index contributed by atoms with van der Waals surface area (Å²) in [5.41, 5.74) is 0. The van der Waals surface area contributed by atoms with Gasteiger partial charge >= 0.3 is 0 Å². The molecule has 5 nitrogen and oxygen atoms in total. The molecule has 1 aliphatic heterocycles. The summed E-state index contributed by atoms with van der Waals surface area (Å²) >= 11 is 0. The molecule has 0 saturated carbocycles. The van der Waals surface area contributed by atoms with Gasteiger partial charge in [0.2, 0.25) is 5.91 Å². The number of morpholine rings is 1. The van der Waals surface area contributed by atoms with E-state index in [0.717, 1.165) is 32.8 Å². The number of ether oxygens (including phenoxy) is 2. The first-order valence-corrected chi connectivity index (χ1v) is 5.98. The van der Waals surface area contributed by atoms with E-state index in [1.54, 1.807) is 0 Å². The molecule has 0 bridgehead atoms. The lowest BCUT2D eigenvalue weighted by molar-refractivity contribution is -0.135. The number of nitrogens with zero attached hydrogens (tertiary/aromatic N) is 1. The quantitative estimate of drug-likeness (QED) is 0.619. The Bertz CT molecular complexity index is 194. The van der Waals surface area contributed by atoms with Crippen molar-refractivity contribution >= 4 is 5.91 Å². The Hall–Kier alpha value is -0.650. The average molecular weight is 230 g/mol. The van der Waals surface area contributed by atoms with Gasteiger partial charge in [-0.25, -0.2) is 0 Å². The summed E-state index contributed by atoms with van der Waals surface area (Å²) in [4.78, 5) is 13.6. The first-order chi connectivity index (χ1) is 7.84. The Labute approximate surface area is 97.1 Å². The molecule has 0 atom stereocenters. The molecule has 1 N–H and O–H groups in total. The van der Waals surface area contributed by atoms with E-state index < -0.39 is 0 Å². The zero-order valence-electron chi connectivity index (χ0n) is 10.0. The van der Waals surface area contributed by atoms with Gasteiger partial charge in [-0.2, -0.15) is 0 Å². The predicted molar refractivity (Wildman–Crippen MR) is 61.4 cm³/mol. The second kappa shape index (κ2) is 8.50. The highest BCUT2D eigenvalue weighted by atomic mass is 16.5. The molecule has 1 amide bonds. The SMILES string of the molecule is CCOCCNCCC(=O)N1CCOCC1. The monoisotopic (exact) mass is 230 g/mol. The average Bonchev–Trinajstić information content (AvgIpc) is 2.34. The molecule has 1 saturated heterocycles. The van der Waals surface area contributed by atoms with Crippen LogP contribution < -0.4 is 5.32 Å². The molecule has 0 unspecified atom stereocenters. The molecule has 1 aliphatic rings. The summed E-state index contributed by atoms with van der Waals surface area (Å²) in [5.74, 6) is 0.215. The summed E-state index contributed by atoms with van der Waals surface area (Å²) < 4.78 is 10.4. The fourth-order valence-corrected chi connectivity index (χ4v) is 1.58. The second-order valence-corrected chi connectivity index (χ2v) is 3.69. The number of hydrogen-bond acceptors (Lipinski definition) is 4. The van der Waals surface area contributed by atoms with Gasteiger partial charge < -0.3 is 19.7 Å². The maximum absolute atomic E-state index is 11.7. The molecule has 0 radical (unpaired) electrons. The van der Waals surface area contributed by atoms with Crippen LogP contribution in [0.25, 0.3) is 0 Å². The minimum atomic E-state index is 0.215. The molecule has 0 aliphatic carbocycles. The van der Waals surface area contributed by atoms with Crippen molar-refractivity contribution in [3.05, 3.63) is 0 Å². The van der Waals surface area contributed by atoms with Gasteiger partial charge in [-0.05, 0) is 6.92 Å². The number of carbonyl (C=O) groups is 1. The summed E-state index contributed by atoms with van der Waals surface area (Å²) in [6, 6.07) is 0. The minimum Gasteiger partial charge on any atom is -0.380 e. The summed E-state index contributed by atoms with van der Waals surface area (Å²) in [6.45, 7) is 7.77. The lowest BCUT2D eigenvalue weighted by atomic mass is 10.3. The van der Waals surface area contributed by atoms with Crippen molar-refractivity contribution in [3.63, 3.8) is 0 Å². The van der Waals surface area contributed by atoms with Crippen LogP contribution in [0.3, 0.4) is 0 Å². The standard InChI is InChI=1S/C11H22N2O3/c1-2-15-8-5-12-4-3-11(14)13-6-9-16-10-7-13/h12H,2-10H2,1H3. The van der Waals surface area contributed by atoms with Crippen LogP contribution in [-0.4, -0.2) is 63.4 Å². The van der Waals surface area contributed by atoms with Crippen LogP contribution in [-0.2, 0) is 14.3 Å². The third-order valence-electron chi connectivity index (χ3n) is 2.51. The predicted octanol–water partition coefficient (Wildman–Crippen LogP) is -0.139. The summed E-state index contributed by atoms with van der Waals surface area (Å²) in [7, 11) is 0. The van der Waals surface area contributed by atoms with Crippen molar-refractivity contribution < 1.29 is 14.3 Å². The van der Waals surface area contributed by atoms with E-state index in [4.69, 9.17) is 9.47 Å². The number of hydrogen-bond donors (Lipinski definition) is 1.